The quantitative estimate of drug-likeness (QED) is 0.674. The number of amidine groups is 2. The van der Waals surface area contributed by atoms with Crippen molar-refractivity contribution in [2.24, 2.45) is 30.0 Å². The second-order valence-corrected chi connectivity index (χ2v) is 9.04. The molecule has 8 nitrogen and oxygen atoms in total. The summed E-state index contributed by atoms with van der Waals surface area (Å²) < 4.78 is 0. The Kier molecular flexibility index (Phi) is 3.28. The molecule has 0 spiro atoms. The van der Waals surface area contributed by atoms with E-state index >= 15 is 0 Å². The van der Waals surface area contributed by atoms with Crippen molar-refractivity contribution in [3.05, 3.63) is 23.8 Å². The average Bonchev–Trinajstić information content (AvgIpc) is 3.31. The van der Waals surface area contributed by atoms with Gasteiger partial charge in [0.05, 0.1) is 11.1 Å². The maximum atomic E-state index is 4.84. The van der Waals surface area contributed by atoms with Crippen molar-refractivity contribution >= 4 is 36.5 Å². The molecule has 0 aromatic carbocycles. The Hall–Kier alpha value is -2.90. The molecule has 5 rings (SSSR count). The van der Waals surface area contributed by atoms with Crippen molar-refractivity contribution in [3.63, 3.8) is 0 Å². The summed E-state index contributed by atoms with van der Waals surface area (Å²) in [6.07, 6.45) is 13.0. The van der Waals surface area contributed by atoms with Gasteiger partial charge in [0.1, 0.15) is 34.4 Å². The lowest BCUT2D eigenvalue weighted by Crippen LogP contribution is -2.41. The molecule has 0 amide bonds. The zero-order valence-electron chi connectivity index (χ0n) is 16.6. The fourth-order valence-corrected chi connectivity index (χ4v) is 4.07. The van der Waals surface area contributed by atoms with Crippen molar-refractivity contribution in [2.75, 3.05) is 0 Å². The zero-order chi connectivity index (χ0) is 19.6. The predicted octanol–water partition coefficient (Wildman–Crippen LogP) is 1.81. The summed E-state index contributed by atoms with van der Waals surface area (Å²) in [4.78, 5) is 28.0. The summed E-state index contributed by atoms with van der Waals surface area (Å²) in [5, 5.41) is 6.98. The molecular weight excluding hydrogens is 352 g/mol. The smallest absolute Gasteiger partial charge is 0.127 e. The molecule has 0 saturated heterocycles. The van der Waals surface area contributed by atoms with Gasteiger partial charge in [-0.1, -0.05) is 0 Å². The van der Waals surface area contributed by atoms with E-state index in [0.29, 0.717) is 12.8 Å². The topological polar surface area (TPSA) is 98.2 Å². The van der Waals surface area contributed by atoms with Crippen LogP contribution in [0.2, 0.25) is 0 Å². The van der Waals surface area contributed by atoms with E-state index in [2.05, 4.69) is 44.5 Å². The van der Waals surface area contributed by atoms with Gasteiger partial charge in [0, 0.05) is 37.7 Å². The number of fused-ring (bicyclic) bond motifs is 6. The summed E-state index contributed by atoms with van der Waals surface area (Å²) in [7, 11) is 0. The van der Waals surface area contributed by atoms with Crippen LogP contribution in [0, 0.1) is 0 Å². The van der Waals surface area contributed by atoms with Crippen LogP contribution < -0.4 is 10.6 Å². The molecule has 0 aromatic heterocycles. The van der Waals surface area contributed by atoms with Gasteiger partial charge in [0.2, 0.25) is 0 Å². The molecular formula is C20H24N8. The van der Waals surface area contributed by atoms with Gasteiger partial charge in [-0.25, -0.2) is 20.0 Å². The number of aliphatic imine (C=N–C) groups is 6. The maximum absolute atomic E-state index is 4.84. The SMILES string of the molecule is CC12C=NC(=N1)CC1(C)C=N/C(=C/C3(C)C=NC(=N3)CC3(C)C=NC(=C2)N3)N1. The summed E-state index contributed by atoms with van der Waals surface area (Å²) in [5.74, 6) is 3.20. The van der Waals surface area contributed by atoms with Crippen LogP contribution in [0.25, 0.3) is 0 Å². The minimum absolute atomic E-state index is 0.335. The number of rotatable bonds is 0. The van der Waals surface area contributed by atoms with Crippen LogP contribution in [0.15, 0.2) is 53.7 Å². The van der Waals surface area contributed by atoms with Crippen molar-refractivity contribution in [3.8, 4) is 0 Å². The molecule has 0 aliphatic carbocycles. The van der Waals surface area contributed by atoms with Crippen molar-refractivity contribution in [2.45, 2.75) is 62.7 Å². The molecule has 5 aliphatic rings. The van der Waals surface area contributed by atoms with E-state index in [0.717, 1.165) is 23.3 Å². The third kappa shape index (κ3) is 3.02. The molecule has 0 radical (unpaired) electrons. The van der Waals surface area contributed by atoms with E-state index < -0.39 is 11.1 Å². The Morgan fingerprint density at radius 3 is 1.50 bits per heavy atom. The van der Waals surface area contributed by atoms with Crippen LogP contribution >= 0.6 is 0 Å². The lowest BCUT2D eigenvalue weighted by atomic mass is 9.98. The Morgan fingerprint density at radius 2 is 1.07 bits per heavy atom. The lowest BCUT2D eigenvalue weighted by Gasteiger charge is -2.24. The average molecular weight is 376 g/mol. The molecule has 0 saturated carbocycles. The minimum atomic E-state index is -0.510. The third-order valence-corrected chi connectivity index (χ3v) is 5.40. The third-order valence-electron chi connectivity index (χ3n) is 5.40. The van der Waals surface area contributed by atoms with Gasteiger partial charge < -0.3 is 10.6 Å². The zero-order valence-corrected chi connectivity index (χ0v) is 16.6. The predicted molar refractivity (Wildman–Crippen MR) is 114 cm³/mol. The van der Waals surface area contributed by atoms with Crippen LogP contribution in [0.5, 0.6) is 0 Å². The van der Waals surface area contributed by atoms with E-state index in [1.54, 1.807) is 0 Å². The number of nitrogens with one attached hydrogen (secondary N) is 2. The molecule has 0 aromatic rings. The van der Waals surface area contributed by atoms with Crippen molar-refractivity contribution in [1.29, 1.82) is 0 Å². The normalized spacial score (nSPS) is 44.6. The second kappa shape index (κ2) is 5.33. The van der Waals surface area contributed by atoms with Gasteiger partial charge in [-0.05, 0) is 39.8 Å². The van der Waals surface area contributed by atoms with Crippen LogP contribution in [-0.4, -0.2) is 58.7 Å². The van der Waals surface area contributed by atoms with Gasteiger partial charge in [0.15, 0.2) is 0 Å². The first-order valence-electron chi connectivity index (χ1n) is 9.55. The summed E-state index contributed by atoms with van der Waals surface area (Å²) in [5.41, 5.74) is -1.69. The molecule has 4 unspecified atom stereocenters. The summed E-state index contributed by atoms with van der Waals surface area (Å²) in [6, 6.07) is 0. The highest BCUT2D eigenvalue weighted by molar-refractivity contribution is 6.02. The molecule has 0 fully saturated rings. The molecule has 2 N–H and O–H groups in total. The molecule has 28 heavy (non-hydrogen) atoms. The molecule has 5 aliphatic heterocycles. The Morgan fingerprint density at radius 1 is 0.643 bits per heavy atom. The lowest BCUT2D eigenvalue weighted by molar-refractivity contribution is 0.557. The van der Waals surface area contributed by atoms with E-state index in [1.807, 2.05) is 50.9 Å². The van der Waals surface area contributed by atoms with Crippen molar-refractivity contribution in [1.82, 2.24) is 10.6 Å². The van der Waals surface area contributed by atoms with Crippen LogP contribution in [0.3, 0.4) is 0 Å². The van der Waals surface area contributed by atoms with Gasteiger partial charge >= 0.3 is 0 Å². The van der Waals surface area contributed by atoms with Gasteiger partial charge in [0.25, 0.3) is 0 Å². The number of nitrogens with zero attached hydrogens (tertiary/aromatic N) is 6. The molecule has 5 heterocycles. The second-order valence-electron chi connectivity index (χ2n) is 9.04. The van der Waals surface area contributed by atoms with E-state index in [9.17, 15) is 0 Å². The first-order chi connectivity index (χ1) is 13.1. The Balaban J connectivity index is 1.56. The first kappa shape index (κ1) is 17.2. The molecule has 144 valence electrons. The highest BCUT2D eigenvalue weighted by Crippen LogP contribution is 2.29. The Bertz CT molecular complexity index is 916. The van der Waals surface area contributed by atoms with Crippen LogP contribution in [0.4, 0.5) is 0 Å². The van der Waals surface area contributed by atoms with Gasteiger partial charge in [-0.15, -0.1) is 0 Å². The van der Waals surface area contributed by atoms with Gasteiger partial charge in [-0.2, -0.15) is 0 Å². The van der Waals surface area contributed by atoms with Crippen LogP contribution in [0.1, 0.15) is 40.5 Å². The fraction of sp³-hybridized carbons (Fsp3) is 0.500. The van der Waals surface area contributed by atoms with E-state index in [4.69, 9.17) is 9.98 Å². The largest absolute Gasteiger partial charge is 0.360 e. The highest BCUT2D eigenvalue weighted by atomic mass is 15.2. The summed E-state index contributed by atoms with van der Waals surface area (Å²) >= 11 is 0. The molecule has 8 heteroatoms. The highest BCUT2D eigenvalue weighted by Gasteiger charge is 2.37. The molecule has 8 bridgehead atoms. The number of hydrogen-bond donors (Lipinski definition) is 2. The van der Waals surface area contributed by atoms with Gasteiger partial charge in [-0.3, -0.25) is 9.98 Å². The maximum Gasteiger partial charge on any atom is 0.127 e. The first-order valence-corrected chi connectivity index (χ1v) is 9.55. The van der Waals surface area contributed by atoms with Crippen molar-refractivity contribution < 1.29 is 0 Å². The fourth-order valence-electron chi connectivity index (χ4n) is 4.07. The van der Waals surface area contributed by atoms with Crippen LogP contribution in [-0.2, 0) is 0 Å². The standard InChI is InChI=1S/C20H24N8/c1-17-5-13-22-10-19(3,26-13)7-15-24-12-20(4,28-15)8-16-23-11-18(2,27-16)6-14(25-17)21-9-17/h5,8-12,26-27H,6-7H2,1-4H3/b13-5-,16-8?. The van der Waals surface area contributed by atoms with E-state index in [-0.39, 0.29) is 11.1 Å². The summed E-state index contributed by atoms with van der Waals surface area (Å²) in [6.45, 7) is 8.27. The minimum Gasteiger partial charge on any atom is -0.360 e. The number of hydrogen-bond acceptors (Lipinski definition) is 8. The Labute approximate surface area is 164 Å². The monoisotopic (exact) mass is 376 g/mol. The van der Waals surface area contributed by atoms with E-state index in [1.165, 1.54) is 0 Å². The molecule has 4 atom stereocenters.